The van der Waals surface area contributed by atoms with Gasteiger partial charge in [-0.15, -0.1) is 0 Å². The number of imide groups is 1. The van der Waals surface area contributed by atoms with Crippen LogP contribution in [0.1, 0.15) is 40.0 Å². The molecule has 2 aliphatic rings. The summed E-state index contributed by atoms with van der Waals surface area (Å²) in [6.45, 7) is 5.50. The third kappa shape index (κ3) is 3.01. The van der Waals surface area contributed by atoms with Gasteiger partial charge in [-0.3, -0.25) is 19.3 Å². The predicted molar refractivity (Wildman–Crippen MR) is 101 cm³/mol. The summed E-state index contributed by atoms with van der Waals surface area (Å²) in [6, 6.07) is 4.82. The summed E-state index contributed by atoms with van der Waals surface area (Å²) >= 11 is 12.0. The fourth-order valence-corrected chi connectivity index (χ4v) is 5.57. The molecule has 2 fully saturated rings. The van der Waals surface area contributed by atoms with Crippen LogP contribution < -0.4 is 5.32 Å². The lowest BCUT2D eigenvalue weighted by molar-refractivity contribution is -0.177. The molecule has 3 rings (SSSR count). The van der Waals surface area contributed by atoms with E-state index >= 15 is 0 Å². The van der Waals surface area contributed by atoms with Gasteiger partial charge < -0.3 is 5.32 Å². The summed E-state index contributed by atoms with van der Waals surface area (Å²) in [5.74, 6) is -0.674. The zero-order valence-electron chi connectivity index (χ0n) is 15.3. The fraction of sp³-hybridized carbons (Fsp3) is 0.526. The number of carbonyl (C=O) groups is 3. The third-order valence-corrected chi connectivity index (χ3v) is 6.09. The molecule has 3 amide bonds. The average Bonchev–Trinajstić information content (AvgIpc) is 2.49. The molecular weight excluding hydrogens is 375 g/mol. The first kappa shape index (κ1) is 19.2. The number of rotatable bonds is 2. The molecule has 1 aliphatic heterocycles. The van der Waals surface area contributed by atoms with Gasteiger partial charge in [0.1, 0.15) is 0 Å². The van der Waals surface area contributed by atoms with E-state index in [9.17, 15) is 14.4 Å². The smallest absolute Gasteiger partial charge is 0.234 e. The maximum Gasteiger partial charge on any atom is 0.234 e. The minimum atomic E-state index is -0.858. The van der Waals surface area contributed by atoms with Gasteiger partial charge in [0.05, 0.1) is 0 Å². The maximum absolute atomic E-state index is 13.1. The number of halogens is 2. The van der Waals surface area contributed by atoms with Crippen LogP contribution in [0.5, 0.6) is 0 Å². The van der Waals surface area contributed by atoms with Crippen LogP contribution in [0, 0.1) is 16.2 Å². The normalized spacial score (nSPS) is 34.0. The Morgan fingerprint density at radius 3 is 1.88 bits per heavy atom. The van der Waals surface area contributed by atoms with E-state index in [-0.39, 0.29) is 17.7 Å². The molecule has 2 bridgehead atoms. The van der Waals surface area contributed by atoms with Gasteiger partial charge in [-0.25, -0.2) is 0 Å². The number of benzene rings is 1. The molecule has 5 nitrogen and oxygen atoms in total. The van der Waals surface area contributed by atoms with E-state index in [1.165, 1.54) is 11.9 Å². The number of amides is 3. The van der Waals surface area contributed by atoms with Gasteiger partial charge in [-0.2, -0.15) is 0 Å². The molecular formula is C19H22Cl2N2O3. The number of likely N-dealkylation sites (tertiary alicyclic amines) is 1. The van der Waals surface area contributed by atoms with Gasteiger partial charge in [-0.1, -0.05) is 44.0 Å². The van der Waals surface area contributed by atoms with Crippen molar-refractivity contribution in [2.45, 2.75) is 40.0 Å². The van der Waals surface area contributed by atoms with Crippen molar-refractivity contribution in [2.24, 2.45) is 16.2 Å². The largest absolute Gasteiger partial charge is 0.326 e. The lowest BCUT2D eigenvalue weighted by Crippen LogP contribution is -2.63. The molecule has 1 aliphatic carbocycles. The van der Waals surface area contributed by atoms with Crippen LogP contribution in [0.25, 0.3) is 0 Å². The number of hydrogen-bond donors (Lipinski definition) is 1. The first-order chi connectivity index (χ1) is 11.9. The molecule has 26 heavy (non-hydrogen) atoms. The van der Waals surface area contributed by atoms with Crippen molar-refractivity contribution in [1.82, 2.24) is 4.90 Å². The van der Waals surface area contributed by atoms with Gasteiger partial charge in [0.15, 0.2) is 0 Å². The van der Waals surface area contributed by atoms with Crippen molar-refractivity contribution in [1.29, 1.82) is 0 Å². The number of piperidine rings is 1. The molecule has 7 heteroatoms. The van der Waals surface area contributed by atoms with Crippen molar-refractivity contribution < 1.29 is 14.4 Å². The highest BCUT2D eigenvalue weighted by molar-refractivity contribution is 6.35. The number of anilines is 1. The minimum Gasteiger partial charge on any atom is -0.326 e. The summed E-state index contributed by atoms with van der Waals surface area (Å²) in [7, 11) is 1.52. The zero-order chi connectivity index (χ0) is 19.5. The van der Waals surface area contributed by atoms with Crippen molar-refractivity contribution in [3.05, 3.63) is 28.2 Å². The Kier molecular flexibility index (Phi) is 4.40. The topological polar surface area (TPSA) is 66.5 Å². The lowest BCUT2D eigenvalue weighted by atomic mass is 9.51. The molecule has 2 atom stereocenters. The van der Waals surface area contributed by atoms with E-state index in [0.29, 0.717) is 35.0 Å². The molecule has 1 aromatic rings. The van der Waals surface area contributed by atoms with Crippen LogP contribution in [-0.2, 0) is 14.4 Å². The van der Waals surface area contributed by atoms with Crippen molar-refractivity contribution in [2.75, 3.05) is 12.4 Å². The molecule has 1 saturated carbocycles. The average molecular weight is 397 g/mol. The van der Waals surface area contributed by atoms with Crippen molar-refractivity contribution >= 4 is 46.6 Å². The molecule has 1 heterocycles. The molecule has 0 aromatic heterocycles. The Bertz CT molecular complexity index is 775. The highest BCUT2D eigenvalue weighted by Gasteiger charge is 2.62. The number of nitrogens with zero attached hydrogens (tertiary/aromatic N) is 1. The van der Waals surface area contributed by atoms with Crippen molar-refractivity contribution in [3.8, 4) is 0 Å². The Morgan fingerprint density at radius 2 is 1.42 bits per heavy atom. The second-order valence-corrected chi connectivity index (χ2v) is 9.37. The van der Waals surface area contributed by atoms with E-state index in [2.05, 4.69) is 5.32 Å². The highest BCUT2D eigenvalue weighted by Crippen LogP contribution is 2.58. The van der Waals surface area contributed by atoms with Crippen LogP contribution in [0.15, 0.2) is 18.2 Å². The fourth-order valence-electron chi connectivity index (χ4n) is 5.04. The number of fused-ring (bicyclic) bond motifs is 2. The Hall–Kier alpha value is -1.59. The molecule has 0 spiro atoms. The van der Waals surface area contributed by atoms with Gasteiger partial charge in [0.2, 0.25) is 17.7 Å². The summed E-state index contributed by atoms with van der Waals surface area (Å²) < 4.78 is 0. The predicted octanol–water partition coefficient (Wildman–Crippen LogP) is 4.13. The third-order valence-electron chi connectivity index (χ3n) is 5.65. The molecule has 2 unspecified atom stereocenters. The number of nitrogens with one attached hydrogen (secondary N) is 1. The Labute approximate surface area is 163 Å². The highest BCUT2D eigenvalue weighted by atomic mass is 35.5. The SMILES string of the molecule is CN1C(=O)C2(C)CC(C)(C(=O)Nc3cc(Cl)cc(Cl)c3)CC(C)(C2)C1=O. The second-order valence-electron chi connectivity index (χ2n) is 8.49. The van der Waals surface area contributed by atoms with Crippen LogP contribution in [0.4, 0.5) is 5.69 Å². The summed E-state index contributed by atoms with van der Waals surface area (Å²) in [5, 5.41) is 3.70. The minimum absolute atomic E-state index is 0.218. The van der Waals surface area contributed by atoms with Crippen molar-refractivity contribution in [3.63, 3.8) is 0 Å². The van der Waals surface area contributed by atoms with E-state index in [4.69, 9.17) is 23.2 Å². The van der Waals surface area contributed by atoms with Crippen LogP contribution in [0.3, 0.4) is 0 Å². The van der Waals surface area contributed by atoms with E-state index in [1.54, 1.807) is 18.2 Å². The number of carbonyl (C=O) groups excluding carboxylic acids is 3. The summed E-state index contributed by atoms with van der Waals surface area (Å²) in [5.41, 5.74) is -1.85. The summed E-state index contributed by atoms with van der Waals surface area (Å²) in [6.07, 6.45) is 1.23. The van der Waals surface area contributed by atoms with Gasteiger partial charge in [0, 0.05) is 39.0 Å². The van der Waals surface area contributed by atoms with Crippen LogP contribution >= 0.6 is 23.2 Å². The first-order valence-electron chi connectivity index (χ1n) is 8.49. The monoisotopic (exact) mass is 396 g/mol. The van der Waals surface area contributed by atoms with Gasteiger partial charge >= 0.3 is 0 Å². The molecule has 0 radical (unpaired) electrons. The Morgan fingerprint density at radius 1 is 0.962 bits per heavy atom. The maximum atomic E-state index is 13.1. The molecule has 1 aromatic carbocycles. The first-order valence-corrected chi connectivity index (χ1v) is 9.24. The zero-order valence-corrected chi connectivity index (χ0v) is 16.8. The van der Waals surface area contributed by atoms with Gasteiger partial charge in [-0.05, 0) is 37.5 Å². The van der Waals surface area contributed by atoms with Crippen LogP contribution in [-0.4, -0.2) is 29.7 Å². The van der Waals surface area contributed by atoms with E-state index in [0.717, 1.165) is 0 Å². The number of hydrogen-bond acceptors (Lipinski definition) is 3. The van der Waals surface area contributed by atoms with Crippen LogP contribution in [0.2, 0.25) is 10.0 Å². The van der Waals surface area contributed by atoms with E-state index < -0.39 is 16.2 Å². The standard InChI is InChI=1S/C19H22Cl2N2O3/c1-17(14(24)22-13-6-11(20)5-12(21)7-13)8-18(2)10-19(3,9-17)16(26)23(4)15(18)25/h5-7H,8-10H2,1-4H3,(H,22,24). The summed E-state index contributed by atoms with van der Waals surface area (Å²) in [4.78, 5) is 39.7. The molecule has 1 saturated heterocycles. The molecule has 140 valence electrons. The van der Waals surface area contributed by atoms with E-state index in [1.807, 2.05) is 20.8 Å². The quantitative estimate of drug-likeness (QED) is 0.763. The Balaban J connectivity index is 1.93. The van der Waals surface area contributed by atoms with Gasteiger partial charge in [0.25, 0.3) is 0 Å². The molecule has 1 N–H and O–H groups in total. The second kappa shape index (κ2) is 5.96. The lowest BCUT2D eigenvalue weighted by Gasteiger charge is -2.55.